The lowest BCUT2D eigenvalue weighted by molar-refractivity contribution is -0.294. The number of piperidine rings is 3. The minimum atomic E-state index is -3.37. The normalized spacial score (nSPS) is 37.4. The third-order valence-corrected chi connectivity index (χ3v) is 12.5. The highest BCUT2D eigenvalue weighted by Crippen LogP contribution is 2.73. The van der Waals surface area contributed by atoms with Crippen LogP contribution in [0.4, 0.5) is 4.79 Å². The van der Waals surface area contributed by atoms with Gasteiger partial charge in [0.2, 0.25) is 10.0 Å². The quantitative estimate of drug-likeness (QED) is 0.730. The molecule has 2 aromatic rings. The average molecular weight is 482 g/mol. The third kappa shape index (κ3) is 2.40. The largest absolute Gasteiger partial charge is 0.346 e. The summed E-state index contributed by atoms with van der Waals surface area (Å²) in [5, 5.41) is 0.688. The van der Waals surface area contributed by atoms with Crippen LogP contribution in [0, 0.1) is 17.8 Å². The van der Waals surface area contributed by atoms with Crippen molar-refractivity contribution >= 4 is 27.1 Å². The second kappa shape index (κ2) is 6.55. The van der Waals surface area contributed by atoms with Crippen molar-refractivity contribution in [1.82, 2.24) is 24.1 Å². The van der Waals surface area contributed by atoms with Crippen LogP contribution < -0.4 is 0 Å². The summed E-state index contributed by atoms with van der Waals surface area (Å²) in [4.78, 5) is 24.9. The second-order valence-corrected chi connectivity index (χ2v) is 14.0. The van der Waals surface area contributed by atoms with Gasteiger partial charge in [0.1, 0.15) is 10.9 Å². The van der Waals surface area contributed by atoms with Crippen LogP contribution in [-0.4, -0.2) is 81.5 Å². The van der Waals surface area contributed by atoms with Gasteiger partial charge in [0.05, 0.1) is 5.54 Å². The lowest BCUT2D eigenvalue weighted by atomic mass is 9.36. The molecule has 2 aromatic heterocycles. The summed E-state index contributed by atoms with van der Waals surface area (Å²) in [5.41, 5.74) is 2.28. The zero-order valence-electron chi connectivity index (χ0n) is 19.3. The molecular formula is C25H31N5O3S. The first-order valence-corrected chi connectivity index (χ1v) is 14.5. The summed E-state index contributed by atoms with van der Waals surface area (Å²) < 4.78 is 28.3. The molecule has 2 amide bonds. The number of hydrogen-bond acceptors (Lipinski definition) is 4. The number of rotatable bonds is 3. The maximum atomic E-state index is 13.3. The number of amides is 2. The van der Waals surface area contributed by atoms with Gasteiger partial charge in [-0.3, -0.25) is 0 Å². The number of nitrogens with zero attached hydrogens (tertiary/aromatic N) is 4. The van der Waals surface area contributed by atoms with Crippen LogP contribution in [0.2, 0.25) is 0 Å². The van der Waals surface area contributed by atoms with Gasteiger partial charge in [0, 0.05) is 55.9 Å². The summed E-state index contributed by atoms with van der Waals surface area (Å²) in [5.74, 6) is 2.77. The number of nitrogens with one attached hydrogen (secondary N) is 1. The van der Waals surface area contributed by atoms with Gasteiger partial charge in [-0.05, 0) is 74.0 Å². The number of aromatic amines is 1. The smallest absolute Gasteiger partial charge is 0.320 e. The van der Waals surface area contributed by atoms with Crippen molar-refractivity contribution in [3.05, 3.63) is 30.1 Å². The van der Waals surface area contributed by atoms with Gasteiger partial charge in [-0.2, -0.15) is 0 Å². The maximum absolute atomic E-state index is 13.3. The Kier molecular flexibility index (Phi) is 3.87. The van der Waals surface area contributed by atoms with Crippen LogP contribution in [0.1, 0.15) is 50.0 Å². The molecule has 180 valence electrons. The van der Waals surface area contributed by atoms with E-state index in [1.54, 1.807) is 15.4 Å². The van der Waals surface area contributed by atoms with E-state index in [2.05, 4.69) is 20.9 Å². The Balaban J connectivity index is 0.906. The van der Waals surface area contributed by atoms with E-state index in [0.717, 1.165) is 41.6 Å². The van der Waals surface area contributed by atoms with Crippen molar-refractivity contribution in [3.8, 4) is 0 Å². The number of sulfonamides is 1. The topological polar surface area (TPSA) is 89.6 Å². The highest BCUT2D eigenvalue weighted by atomic mass is 32.2. The minimum Gasteiger partial charge on any atom is -0.346 e. The fourth-order valence-electron chi connectivity index (χ4n) is 8.88. The fraction of sp³-hybridized carbons (Fsp3) is 0.680. The molecule has 9 heteroatoms. The molecule has 0 aromatic carbocycles. The first-order chi connectivity index (χ1) is 16.5. The first kappa shape index (κ1) is 20.1. The molecule has 34 heavy (non-hydrogen) atoms. The minimum absolute atomic E-state index is 0.109. The van der Waals surface area contributed by atoms with Gasteiger partial charge in [-0.25, -0.2) is 22.5 Å². The number of pyridine rings is 1. The van der Waals surface area contributed by atoms with Crippen LogP contribution in [0.15, 0.2) is 24.5 Å². The molecule has 9 fully saturated rings. The lowest BCUT2D eigenvalue weighted by Gasteiger charge is -2.82. The number of likely N-dealkylation sites (tertiary alicyclic amines) is 1. The number of fused-ring (bicyclic) bond motifs is 1. The lowest BCUT2D eigenvalue weighted by Crippen LogP contribution is -2.89. The SMILES string of the molecule is O=C(N1CC(S(=O)(=O)N2CCC(c3c[nH]c4ncccc34)CC2)C1)N1C2CC3CC4CC1(C3)C42. The monoisotopic (exact) mass is 481 g/mol. The zero-order chi connectivity index (χ0) is 22.8. The van der Waals surface area contributed by atoms with Gasteiger partial charge >= 0.3 is 6.03 Å². The Morgan fingerprint density at radius 3 is 2.71 bits per heavy atom. The van der Waals surface area contributed by atoms with E-state index in [9.17, 15) is 13.2 Å². The maximum Gasteiger partial charge on any atom is 0.320 e. The zero-order valence-corrected chi connectivity index (χ0v) is 20.1. The van der Waals surface area contributed by atoms with Crippen molar-refractivity contribution in [2.24, 2.45) is 17.8 Å². The molecule has 5 saturated carbocycles. The standard InChI is InChI=1S/C25H31N5O3S/c31-24(30-21-9-15-8-17-11-25(30,10-15)22(17)21)28-13-18(14-28)34(32,33)29-6-3-16(4-7-29)20-12-27-23-19(20)2-1-5-26-23/h1-2,5,12,15-18,21-22H,3-4,6-11,13-14H2,(H,26,27). The van der Waals surface area contributed by atoms with E-state index < -0.39 is 15.3 Å². The van der Waals surface area contributed by atoms with Gasteiger partial charge < -0.3 is 14.8 Å². The van der Waals surface area contributed by atoms with Crippen LogP contribution in [-0.2, 0) is 10.0 Å². The molecule has 5 unspecified atom stereocenters. The Hall–Kier alpha value is -2.13. The molecule has 1 spiro atoms. The third-order valence-electron chi connectivity index (χ3n) is 10.3. The molecule has 1 N–H and O–H groups in total. The first-order valence-electron chi connectivity index (χ1n) is 12.9. The predicted molar refractivity (Wildman–Crippen MR) is 127 cm³/mol. The molecule has 8 nitrogen and oxygen atoms in total. The summed E-state index contributed by atoms with van der Waals surface area (Å²) in [6.45, 7) is 1.80. The van der Waals surface area contributed by atoms with E-state index in [1.165, 1.54) is 31.2 Å². The van der Waals surface area contributed by atoms with E-state index in [-0.39, 0.29) is 11.6 Å². The van der Waals surface area contributed by atoms with Gasteiger partial charge in [0.15, 0.2) is 0 Å². The predicted octanol–water partition coefficient (Wildman–Crippen LogP) is 2.75. The van der Waals surface area contributed by atoms with Crippen molar-refractivity contribution in [2.75, 3.05) is 26.2 Å². The second-order valence-electron chi connectivity index (χ2n) is 11.7. The van der Waals surface area contributed by atoms with E-state index >= 15 is 0 Å². The number of urea groups is 1. The Morgan fingerprint density at radius 1 is 1.15 bits per heavy atom. The molecule has 6 heterocycles. The number of carbonyl (C=O) groups excluding carboxylic acids is 1. The number of aromatic nitrogens is 2. The molecule has 5 atom stereocenters. The van der Waals surface area contributed by atoms with Gasteiger partial charge in [0.25, 0.3) is 0 Å². The van der Waals surface area contributed by atoms with Crippen molar-refractivity contribution in [3.63, 3.8) is 0 Å². The van der Waals surface area contributed by atoms with Crippen LogP contribution in [0.3, 0.4) is 0 Å². The summed E-state index contributed by atoms with van der Waals surface area (Å²) in [6.07, 6.45) is 10.4. The van der Waals surface area contributed by atoms with Crippen LogP contribution in [0.25, 0.3) is 11.0 Å². The Labute approximate surface area is 199 Å². The number of H-pyrrole nitrogens is 1. The molecule has 4 aliphatic heterocycles. The Morgan fingerprint density at radius 2 is 1.97 bits per heavy atom. The van der Waals surface area contributed by atoms with E-state index in [4.69, 9.17) is 0 Å². The van der Waals surface area contributed by atoms with Crippen molar-refractivity contribution in [2.45, 2.75) is 61.3 Å². The van der Waals surface area contributed by atoms with E-state index in [0.29, 0.717) is 38.1 Å². The Bertz CT molecular complexity index is 1290. The van der Waals surface area contributed by atoms with E-state index in [1.807, 2.05) is 12.3 Å². The fourth-order valence-corrected chi connectivity index (χ4v) is 10.8. The molecule has 0 radical (unpaired) electrons. The molecule has 5 aliphatic carbocycles. The van der Waals surface area contributed by atoms with Gasteiger partial charge in [-0.15, -0.1) is 0 Å². The molecule has 5 bridgehead atoms. The summed E-state index contributed by atoms with van der Waals surface area (Å²) >= 11 is 0. The van der Waals surface area contributed by atoms with Crippen molar-refractivity contribution < 1.29 is 13.2 Å². The highest BCUT2D eigenvalue weighted by molar-refractivity contribution is 7.89. The van der Waals surface area contributed by atoms with Crippen LogP contribution in [0.5, 0.6) is 0 Å². The summed E-state index contributed by atoms with van der Waals surface area (Å²) in [7, 11) is -3.37. The molecular weight excluding hydrogens is 450 g/mol. The average Bonchev–Trinajstić information content (AvgIpc) is 3.21. The molecule has 9 aliphatic rings. The number of hydrogen-bond donors (Lipinski definition) is 1. The number of carbonyl (C=O) groups is 1. The van der Waals surface area contributed by atoms with Crippen molar-refractivity contribution in [1.29, 1.82) is 0 Å². The van der Waals surface area contributed by atoms with Gasteiger partial charge in [-0.1, -0.05) is 0 Å². The van der Waals surface area contributed by atoms with Crippen LogP contribution >= 0.6 is 0 Å². The molecule has 4 saturated heterocycles. The molecule has 11 rings (SSSR count). The highest BCUT2D eigenvalue weighted by Gasteiger charge is 2.77. The summed E-state index contributed by atoms with van der Waals surface area (Å²) in [6, 6.07) is 4.58.